The van der Waals surface area contributed by atoms with Crippen LogP contribution in [0.3, 0.4) is 0 Å². The molecule has 0 bridgehead atoms. The van der Waals surface area contributed by atoms with E-state index in [1.807, 2.05) is 13.0 Å². The topological polar surface area (TPSA) is 423 Å². The van der Waals surface area contributed by atoms with Gasteiger partial charge >= 0.3 is 23.5 Å². The molecule has 2 fully saturated rings. The predicted molar refractivity (Wildman–Crippen MR) is 269 cm³/mol. The molecule has 0 spiro atoms. The molecule has 2 aliphatic heterocycles. The zero-order valence-electron chi connectivity index (χ0n) is 42.3. The van der Waals surface area contributed by atoms with Crippen molar-refractivity contribution in [3.63, 3.8) is 0 Å². The van der Waals surface area contributed by atoms with Crippen molar-refractivity contribution in [3.05, 3.63) is 24.8 Å². The number of phosphoric ester groups is 3. The van der Waals surface area contributed by atoms with Crippen LogP contribution in [0.25, 0.3) is 11.2 Å². The van der Waals surface area contributed by atoms with Gasteiger partial charge in [-0.25, -0.2) is 28.6 Å². The third kappa shape index (κ3) is 22.4. The molecule has 0 radical (unpaired) electrons. The van der Waals surface area contributed by atoms with E-state index in [0.29, 0.717) is 5.75 Å². The van der Waals surface area contributed by atoms with Gasteiger partial charge in [0.25, 0.3) is 0 Å². The van der Waals surface area contributed by atoms with Crippen LogP contribution < -0.4 is 16.4 Å². The smallest absolute Gasteiger partial charge is 0.390 e. The molecule has 12 atom stereocenters. The Labute approximate surface area is 438 Å². The van der Waals surface area contributed by atoms with Gasteiger partial charge in [-0.15, -0.1) is 0 Å². The van der Waals surface area contributed by atoms with Crippen molar-refractivity contribution in [2.75, 3.05) is 37.8 Å². The number of carbonyl (C=O) groups excluding carboxylic acids is 3. The third-order valence-corrected chi connectivity index (χ3v) is 16.0. The maximum atomic E-state index is 12.8. The Balaban J connectivity index is 1.02. The second-order valence-electron chi connectivity index (χ2n) is 18.9. The van der Waals surface area contributed by atoms with Crippen molar-refractivity contribution in [3.8, 4) is 0 Å². The number of allylic oxidation sites excluding steroid dienone is 1. The number of anilines is 1. The number of phosphoric acid groups is 3. The Morgan fingerprint density at radius 3 is 2.25 bits per heavy atom. The number of nitrogen functional groups attached to an aromatic ring is 1. The molecular weight excluding hydrogens is 1080 g/mol. The van der Waals surface area contributed by atoms with E-state index in [1.165, 1.54) is 32.8 Å². The van der Waals surface area contributed by atoms with Gasteiger partial charge in [-0.05, 0) is 39.2 Å². The molecule has 0 aromatic carbocycles. The summed E-state index contributed by atoms with van der Waals surface area (Å²) in [5.74, 6) is -1.16. The number of aliphatic hydroxyl groups is 4. The summed E-state index contributed by atoms with van der Waals surface area (Å²) in [5.41, 5.74) is 4.26. The number of ether oxygens (including phenoxy) is 3. The number of fused-ring (bicyclic) bond motifs is 1. The number of nitrogens with zero attached hydrogens (tertiary/aromatic N) is 4. The zero-order chi connectivity index (χ0) is 55.6. The van der Waals surface area contributed by atoms with E-state index in [0.717, 1.165) is 86.8 Å². The van der Waals surface area contributed by atoms with Crippen molar-refractivity contribution in [1.82, 2.24) is 30.2 Å². The van der Waals surface area contributed by atoms with Crippen LogP contribution in [0, 0.1) is 5.41 Å². The summed E-state index contributed by atoms with van der Waals surface area (Å²) in [6.07, 6.45) is 5.68. The van der Waals surface area contributed by atoms with Crippen LogP contribution in [-0.2, 0) is 60.2 Å². The molecule has 32 heteroatoms. The van der Waals surface area contributed by atoms with Crippen molar-refractivity contribution in [2.45, 2.75) is 173 Å². The number of unbranched alkanes of at least 4 members (excludes halogenated alkanes) is 9. The van der Waals surface area contributed by atoms with Gasteiger partial charge in [0, 0.05) is 37.1 Å². The van der Waals surface area contributed by atoms with Gasteiger partial charge in [-0.3, -0.25) is 32.5 Å². The molecular formula is C43H74N7O21P3S. The second kappa shape index (κ2) is 30.5. The fourth-order valence-electron chi connectivity index (χ4n) is 7.80. The molecule has 4 heterocycles. The number of thioether (sulfide) groups is 1. The van der Waals surface area contributed by atoms with Crippen LogP contribution in [0.5, 0.6) is 0 Å². The number of hydrogen-bond donors (Lipinski definition) is 11. The average Bonchev–Trinajstić information content (AvgIpc) is 3.89. The monoisotopic (exact) mass is 1150 g/mol. The Kier molecular flexibility index (Phi) is 26.3. The summed E-state index contributed by atoms with van der Waals surface area (Å²) in [6.45, 7) is 4.19. The second-order valence-corrected chi connectivity index (χ2v) is 24.3. The van der Waals surface area contributed by atoms with E-state index in [4.69, 9.17) is 29.0 Å². The van der Waals surface area contributed by atoms with Crippen molar-refractivity contribution in [2.24, 2.45) is 5.41 Å². The highest BCUT2D eigenvalue weighted by Gasteiger charge is 2.50. The quantitative estimate of drug-likeness (QED) is 0.0273. The van der Waals surface area contributed by atoms with E-state index in [1.54, 1.807) is 6.92 Å². The summed E-state index contributed by atoms with van der Waals surface area (Å²) >= 11 is 1.04. The van der Waals surface area contributed by atoms with Gasteiger partial charge in [0.2, 0.25) is 16.9 Å². The number of aliphatic hydroxyl groups excluding tert-OH is 4. The molecule has 0 aliphatic carbocycles. The number of aromatic nitrogens is 4. The standard InChI is InChI=1S/C43H74N7O21P3S/c1-27(67-42-30(52)22-29(51)28(2)68-42)16-14-12-10-8-6-5-7-9-11-13-15-17-33(54)75-21-20-45-32(53)18-19-46-40(57)37(56)43(3,4)24-66-74(63,64)71-73(61,62)65-23-31-36(70-72(58,59)60)35(55)41(69-31)50-26-49-34-38(44)47-25-48-39(34)50/h15,17,25-31,35-37,41-42,51-52,55-56H,5-14,16,18-24H2,1-4H3,(H,45,53)(H,46,57)(H,61,62)(H,63,64)(H2,44,47,48)(H2,58,59,60)/b17-15+/t27-,28+,29-,30-,31-,35-,36-,37+,41-,42-/m1/s1. The number of nitrogens with two attached hydrogens (primary N) is 1. The highest BCUT2D eigenvalue weighted by atomic mass is 32.2. The first-order valence-electron chi connectivity index (χ1n) is 24.6. The molecule has 4 rings (SSSR count). The maximum absolute atomic E-state index is 12.8. The Morgan fingerprint density at radius 1 is 0.920 bits per heavy atom. The van der Waals surface area contributed by atoms with E-state index >= 15 is 0 Å². The van der Waals surface area contributed by atoms with Crippen molar-refractivity contribution >= 4 is 69.1 Å². The van der Waals surface area contributed by atoms with Gasteiger partial charge < -0.3 is 70.6 Å². The van der Waals surface area contributed by atoms with Crippen LogP contribution in [0.2, 0.25) is 0 Å². The summed E-state index contributed by atoms with van der Waals surface area (Å²) in [5, 5.41) is 46.4. The fraction of sp³-hybridized carbons (Fsp3) is 0.767. The molecule has 0 saturated carbocycles. The van der Waals surface area contributed by atoms with Gasteiger partial charge in [0.15, 0.2) is 24.0 Å². The van der Waals surface area contributed by atoms with Crippen LogP contribution >= 0.6 is 35.2 Å². The SMILES string of the molecule is C[C@H](CCCCCCCCCCC/C=C/C(=O)SCCNC(=O)CCNC(=O)[C@H](O)C(C)(C)COP(=O)(O)OP(=O)(O)OC[C@H]1O[C@@H](n2cnc3c(N)ncnc32)[C@H](O)[C@@H]1OP(=O)(O)O)O[C@@H]1O[C@@H](C)[C@H](O)C[C@H]1O. The first kappa shape index (κ1) is 64.7. The summed E-state index contributed by atoms with van der Waals surface area (Å²) in [6, 6.07) is 0. The molecule has 28 nitrogen and oxygen atoms in total. The highest BCUT2D eigenvalue weighted by Crippen LogP contribution is 2.61. The minimum Gasteiger partial charge on any atom is -0.390 e. The Hall–Kier alpha value is -2.86. The highest BCUT2D eigenvalue weighted by molar-refractivity contribution is 8.14. The van der Waals surface area contributed by atoms with Crippen LogP contribution in [-0.4, -0.2) is 164 Å². The van der Waals surface area contributed by atoms with Gasteiger partial charge in [-0.2, -0.15) is 4.31 Å². The molecule has 2 saturated heterocycles. The number of imidazole rings is 1. The fourth-order valence-corrected chi connectivity index (χ4v) is 11.2. The normalized spacial score (nSPS) is 25.0. The van der Waals surface area contributed by atoms with Crippen LogP contribution in [0.1, 0.15) is 117 Å². The molecule has 12 N–H and O–H groups in total. The summed E-state index contributed by atoms with van der Waals surface area (Å²) in [4.78, 5) is 88.5. The van der Waals surface area contributed by atoms with Crippen molar-refractivity contribution in [1.29, 1.82) is 0 Å². The first-order chi connectivity index (χ1) is 35.2. The number of amides is 2. The van der Waals surface area contributed by atoms with E-state index in [9.17, 15) is 68.1 Å². The molecule has 2 aromatic rings. The average molecular weight is 1150 g/mol. The molecule has 2 amide bonds. The lowest BCUT2D eigenvalue weighted by molar-refractivity contribution is -0.273. The molecule has 75 heavy (non-hydrogen) atoms. The zero-order valence-corrected chi connectivity index (χ0v) is 45.8. The summed E-state index contributed by atoms with van der Waals surface area (Å²) in [7, 11) is -16.5. The third-order valence-electron chi connectivity index (χ3n) is 12.0. The minimum absolute atomic E-state index is 0.0260. The lowest BCUT2D eigenvalue weighted by Gasteiger charge is -2.36. The summed E-state index contributed by atoms with van der Waals surface area (Å²) < 4.78 is 73.9. The van der Waals surface area contributed by atoms with Gasteiger partial charge in [-0.1, -0.05) is 83.1 Å². The molecule has 2 unspecified atom stereocenters. The predicted octanol–water partition coefficient (Wildman–Crippen LogP) is 2.77. The van der Waals surface area contributed by atoms with Crippen LogP contribution in [0.4, 0.5) is 5.82 Å². The van der Waals surface area contributed by atoms with E-state index in [-0.39, 0.29) is 60.2 Å². The lowest BCUT2D eigenvalue weighted by Crippen LogP contribution is -2.48. The van der Waals surface area contributed by atoms with Gasteiger partial charge in [0.05, 0.1) is 37.9 Å². The minimum atomic E-state index is -5.59. The van der Waals surface area contributed by atoms with E-state index in [2.05, 4.69) is 34.4 Å². The maximum Gasteiger partial charge on any atom is 0.481 e. The Bertz CT molecular complexity index is 2310. The number of carbonyl (C=O) groups is 3. The largest absolute Gasteiger partial charge is 0.481 e. The first-order valence-corrected chi connectivity index (χ1v) is 30.1. The molecule has 2 aliphatic rings. The van der Waals surface area contributed by atoms with Crippen LogP contribution in [0.15, 0.2) is 24.8 Å². The number of rotatable bonds is 34. The number of hydrogen-bond acceptors (Lipinski definition) is 22. The molecule has 2 aromatic heterocycles. The lowest BCUT2D eigenvalue weighted by atomic mass is 9.87. The van der Waals surface area contributed by atoms with Gasteiger partial charge in [0.1, 0.15) is 42.4 Å². The van der Waals surface area contributed by atoms with Crippen molar-refractivity contribution < 1.29 is 100 Å². The van der Waals surface area contributed by atoms with E-state index < -0.39 is 103 Å². The molecule has 428 valence electrons. The number of nitrogens with one attached hydrogen (secondary N) is 2. The Morgan fingerprint density at radius 2 is 1.57 bits per heavy atom.